The van der Waals surface area contributed by atoms with Gasteiger partial charge in [-0.3, -0.25) is 4.79 Å². The molecule has 4 nitrogen and oxygen atoms in total. The van der Waals surface area contributed by atoms with E-state index in [4.69, 9.17) is 10.5 Å². The molecule has 2 N–H and O–H groups in total. The Balaban J connectivity index is 2.63. The molecule has 0 heterocycles. The Labute approximate surface area is 121 Å². The molecule has 1 atom stereocenters. The SMILES string of the molecule is CC(C)(C)OC(=O)CC(N)c1ccc(OC(F)(F)F)cc1. The number of ether oxygens (including phenoxy) is 2. The van der Waals surface area contributed by atoms with E-state index in [9.17, 15) is 18.0 Å². The molecule has 0 bridgehead atoms. The van der Waals surface area contributed by atoms with Crippen LogP contribution in [0.25, 0.3) is 0 Å². The van der Waals surface area contributed by atoms with Crippen molar-refractivity contribution in [3.05, 3.63) is 29.8 Å². The van der Waals surface area contributed by atoms with Crippen molar-refractivity contribution in [2.24, 2.45) is 5.73 Å². The Morgan fingerprint density at radius 2 is 1.71 bits per heavy atom. The first kappa shape index (κ1) is 17.3. The Bertz CT molecular complexity index is 478. The number of carbonyl (C=O) groups excluding carboxylic acids is 1. The van der Waals surface area contributed by atoms with Crippen molar-refractivity contribution < 1.29 is 27.4 Å². The van der Waals surface area contributed by atoms with Gasteiger partial charge in [0.15, 0.2) is 0 Å². The molecule has 7 heteroatoms. The van der Waals surface area contributed by atoms with Crippen LogP contribution in [0.1, 0.15) is 38.8 Å². The molecule has 1 rings (SSSR count). The minimum absolute atomic E-state index is 0.0588. The lowest BCUT2D eigenvalue weighted by Crippen LogP contribution is -2.26. The molecule has 0 aliphatic carbocycles. The van der Waals surface area contributed by atoms with E-state index in [-0.39, 0.29) is 12.2 Å². The normalized spacial score (nSPS) is 13.7. The third-order valence-corrected chi connectivity index (χ3v) is 2.35. The standard InChI is InChI=1S/C14H18F3NO3/c1-13(2,3)21-12(19)8-11(18)9-4-6-10(7-5-9)20-14(15,16)17/h4-7,11H,8,18H2,1-3H3. The van der Waals surface area contributed by atoms with E-state index in [1.54, 1.807) is 20.8 Å². The number of benzene rings is 1. The smallest absolute Gasteiger partial charge is 0.460 e. The van der Waals surface area contributed by atoms with Crippen LogP contribution in [-0.4, -0.2) is 17.9 Å². The van der Waals surface area contributed by atoms with Gasteiger partial charge >= 0.3 is 12.3 Å². The summed E-state index contributed by atoms with van der Waals surface area (Å²) < 4.78 is 44.9. The number of nitrogens with two attached hydrogens (primary N) is 1. The molecule has 0 aliphatic heterocycles. The first-order chi connectivity index (χ1) is 9.46. The molecule has 0 aliphatic rings. The average molecular weight is 305 g/mol. The van der Waals surface area contributed by atoms with E-state index >= 15 is 0 Å². The van der Waals surface area contributed by atoms with E-state index in [2.05, 4.69) is 4.74 Å². The van der Waals surface area contributed by atoms with Crippen LogP contribution in [0.5, 0.6) is 5.75 Å². The molecule has 1 unspecified atom stereocenters. The maximum Gasteiger partial charge on any atom is 0.573 e. The molecule has 21 heavy (non-hydrogen) atoms. The predicted molar refractivity (Wildman–Crippen MR) is 70.5 cm³/mol. The van der Waals surface area contributed by atoms with Gasteiger partial charge in [0, 0.05) is 6.04 Å². The van der Waals surface area contributed by atoms with Crippen molar-refractivity contribution in [1.29, 1.82) is 0 Å². The van der Waals surface area contributed by atoms with Gasteiger partial charge in [-0.15, -0.1) is 13.2 Å². The minimum Gasteiger partial charge on any atom is -0.460 e. The Morgan fingerprint density at radius 3 is 2.14 bits per heavy atom. The fourth-order valence-electron chi connectivity index (χ4n) is 1.60. The summed E-state index contributed by atoms with van der Waals surface area (Å²) in [7, 11) is 0. The fourth-order valence-corrected chi connectivity index (χ4v) is 1.60. The minimum atomic E-state index is -4.74. The van der Waals surface area contributed by atoms with Crippen molar-refractivity contribution in [3.63, 3.8) is 0 Å². The highest BCUT2D eigenvalue weighted by atomic mass is 19.4. The number of rotatable bonds is 4. The van der Waals surface area contributed by atoms with Crippen LogP contribution in [0, 0.1) is 0 Å². The highest BCUT2D eigenvalue weighted by molar-refractivity contribution is 5.70. The zero-order valence-corrected chi connectivity index (χ0v) is 12.0. The Kier molecular flexibility index (Phi) is 5.22. The summed E-state index contributed by atoms with van der Waals surface area (Å²) in [5.74, 6) is -0.804. The van der Waals surface area contributed by atoms with Crippen LogP contribution in [0.2, 0.25) is 0 Å². The summed E-state index contributed by atoms with van der Waals surface area (Å²) in [5.41, 5.74) is 5.74. The average Bonchev–Trinajstić information content (AvgIpc) is 2.24. The monoisotopic (exact) mass is 305 g/mol. The maximum absolute atomic E-state index is 12.0. The second kappa shape index (κ2) is 6.34. The molecule has 1 aromatic carbocycles. The third kappa shape index (κ3) is 6.99. The van der Waals surface area contributed by atoms with Crippen molar-refractivity contribution in [1.82, 2.24) is 0 Å². The second-order valence-corrected chi connectivity index (χ2v) is 5.51. The third-order valence-electron chi connectivity index (χ3n) is 2.35. The van der Waals surface area contributed by atoms with Crippen LogP contribution in [0.4, 0.5) is 13.2 Å². The quantitative estimate of drug-likeness (QED) is 0.867. The predicted octanol–water partition coefficient (Wildman–Crippen LogP) is 3.32. The molecule has 0 spiro atoms. The molecule has 118 valence electrons. The number of halogens is 3. The summed E-state index contributed by atoms with van der Waals surface area (Å²) in [6, 6.07) is 4.42. The van der Waals surface area contributed by atoms with E-state index in [1.807, 2.05) is 0 Å². The number of carbonyl (C=O) groups is 1. The van der Waals surface area contributed by atoms with Crippen LogP contribution >= 0.6 is 0 Å². The van der Waals surface area contributed by atoms with Gasteiger partial charge in [-0.2, -0.15) is 0 Å². The molecular formula is C14H18F3NO3. The molecule has 0 aromatic heterocycles. The highest BCUT2D eigenvalue weighted by Gasteiger charge is 2.31. The van der Waals surface area contributed by atoms with E-state index in [0.717, 1.165) is 12.1 Å². The van der Waals surface area contributed by atoms with Crippen LogP contribution in [0.3, 0.4) is 0 Å². The van der Waals surface area contributed by atoms with Crippen LogP contribution in [0.15, 0.2) is 24.3 Å². The van der Waals surface area contributed by atoms with Gasteiger partial charge in [0.2, 0.25) is 0 Å². The van der Waals surface area contributed by atoms with Gasteiger partial charge in [0.25, 0.3) is 0 Å². The van der Waals surface area contributed by atoms with Crippen molar-refractivity contribution in [3.8, 4) is 5.75 Å². The first-order valence-corrected chi connectivity index (χ1v) is 6.29. The van der Waals surface area contributed by atoms with Gasteiger partial charge in [-0.25, -0.2) is 0 Å². The first-order valence-electron chi connectivity index (χ1n) is 6.29. The van der Waals surface area contributed by atoms with Crippen molar-refractivity contribution >= 4 is 5.97 Å². The lowest BCUT2D eigenvalue weighted by molar-refractivity contribution is -0.274. The van der Waals surface area contributed by atoms with Gasteiger partial charge in [0.1, 0.15) is 11.4 Å². The Morgan fingerprint density at radius 1 is 1.19 bits per heavy atom. The number of alkyl halides is 3. The van der Waals surface area contributed by atoms with Gasteiger partial charge in [0.05, 0.1) is 6.42 Å². The second-order valence-electron chi connectivity index (χ2n) is 5.51. The van der Waals surface area contributed by atoms with Gasteiger partial charge in [-0.1, -0.05) is 12.1 Å². The van der Waals surface area contributed by atoms with Crippen LogP contribution in [-0.2, 0) is 9.53 Å². The van der Waals surface area contributed by atoms with E-state index in [0.29, 0.717) is 5.56 Å². The van der Waals surface area contributed by atoms with Gasteiger partial charge < -0.3 is 15.2 Å². The lowest BCUT2D eigenvalue weighted by atomic mass is 10.0. The van der Waals surface area contributed by atoms with Crippen molar-refractivity contribution in [2.75, 3.05) is 0 Å². The summed E-state index contributed by atoms with van der Waals surface area (Å²) in [6.07, 6.45) is -4.79. The highest BCUT2D eigenvalue weighted by Crippen LogP contribution is 2.25. The molecule has 1 aromatic rings. The molecular weight excluding hydrogens is 287 g/mol. The molecule has 0 saturated heterocycles. The molecule has 0 saturated carbocycles. The zero-order chi connectivity index (χ0) is 16.3. The summed E-state index contributed by atoms with van der Waals surface area (Å²) in [5, 5.41) is 0. The van der Waals surface area contributed by atoms with E-state index in [1.165, 1.54) is 12.1 Å². The largest absolute Gasteiger partial charge is 0.573 e. The summed E-state index contributed by atoms with van der Waals surface area (Å²) >= 11 is 0. The van der Waals surface area contributed by atoms with Gasteiger partial charge in [-0.05, 0) is 38.5 Å². The Hall–Kier alpha value is -1.76. The summed E-state index contributed by atoms with van der Waals surface area (Å²) in [6.45, 7) is 5.21. The van der Waals surface area contributed by atoms with Crippen molar-refractivity contribution in [2.45, 2.75) is 45.2 Å². The molecule has 0 fully saturated rings. The fraction of sp³-hybridized carbons (Fsp3) is 0.500. The lowest BCUT2D eigenvalue weighted by Gasteiger charge is -2.21. The number of hydrogen-bond acceptors (Lipinski definition) is 4. The zero-order valence-electron chi connectivity index (χ0n) is 12.0. The summed E-state index contributed by atoms with van der Waals surface area (Å²) in [4.78, 5) is 11.6. The number of esters is 1. The van der Waals surface area contributed by atoms with E-state index < -0.39 is 24.0 Å². The topological polar surface area (TPSA) is 61.5 Å². The maximum atomic E-state index is 12.0. The molecule has 0 amide bonds. The number of hydrogen-bond donors (Lipinski definition) is 1. The molecule has 0 radical (unpaired) electrons. The van der Waals surface area contributed by atoms with Crippen LogP contribution < -0.4 is 10.5 Å².